The molecular weight excluding hydrogens is 148 g/mol. The molecule has 0 amide bonds. The van der Waals surface area contributed by atoms with Crippen molar-refractivity contribution >= 4 is 11.5 Å². The molecule has 52 valence electrons. The Bertz CT molecular complexity index is 155. The monoisotopic (exact) mass is 154 g/mol. The van der Waals surface area contributed by atoms with Crippen LogP contribution < -0.4 is 0 Å². The van der Waals surface area contributed by atoms with E-state index in [-0.39, 0.29) is 0 Å². The predicted molar refractivity (Wildman–Crippen MR) is 38.6 cm³/mol. The van der Waals surface area contributed by atoms with Crippen LogP contribution in [0.5, 0.6) is 0 Å². The third-order valence-electron chi connectivity index (χ3n) is 0.694. The second kappa shape index (κ2) is 4.69. The maximum Gasteiger partial charge on any atom is 0.123 e. The van der Waals surface area contributed by atoms with Crippen molar-refractivity contribution in [1.82, 2.24) is 9.53 Å². The summed E-state index contributed by atoms with van der Waals surface area (Å²) in [6.07, 6.45) is 4.87. The number of aromatic nitrogens is 2. The van der Waals surface area contributed by atoms with Gasteiger partial charge in [-0.25, -0.2) is 4.37 Å². The first-order valence-electron chi connectivity index (χ1n) is 2.69. The molecule has 4 heteroatoms. The number of hydrogen-bond acceptors (Lipinski definition) is 4. The highest BCUT2D eigenvalue weighted by molar-refractivity contribution is 7.03. The minimum absolute atomic E-state index is 1.46. The van der Waals surface area contributed by atoms with Crippen LogP contribution in [0.25, 0.3) is 0 Å². The van der Waals surface area contributed by atoms with E-state index in [2.05, 4.69) is 14.1 Å². The largest absolute Gasteiger partial charge is 0.365 e. The van der Waals surface area contributed by atoms with Crippen molar-refractivity contribution in [1.29, 1.82) is 0 Å². The van der Waals surface area contributed by atoms with Crippen LogP contribution in [-0.4, -0.2) is 9.53 Å². The van der Waals surface area contributed by atoms with Crippen LogP contribution in [0.1, 0.15) is 0 Å². The zero-order valence-corrected chi connectivity index (χ0v) is 5.99. The average molecular weight is 154 g/mol. The first-order valence-corrected chi connectivity index (χ1v) is 3.52. The summed E-state index contributed by atoms with van der Waals surface area (Å²) < 4.78 is 8.10. The summed E-state index contributed by atoms with van der Waals surface area (Å²) in [5, 5.41) is 5.28. The number of nitrogens with zero attached hydrogens (tertiary/aromatic N) is 2. The van der Waals surface area contributed by atoms with Crippen LogP contribution in [0.2, 0.25) is 0 Å². The van der Waals surface area contributed by atoms with Crippen LogP contribution in [0.15, 0.2) is 40.7 Å². The van der Waals surface area contributed by atoms with Gasteiger partial charge in [0.1, 0.15) is 6.26 Å². The van der Waals surface area contributed by atoms with E-state index in [4.69, 9.17) is 0 Å². The van der Waals surface area contributed by atoms with E-state index in [0.29, 0.717) is 0 Å². The molecule has 0 saturated heterocycles. The van der Waals surface area contributed by atoms with Crippen molar-refractivity contribution in [2.45, 2.75) is 0 Å². The van der Waals surface area contributed by atoms with Gasteiger partial charge in [-0.3, -0.25) is 0 Å². The van der Waals surface area contributed by atoms with Crippen LogP contribution in [0.4, 0.5) is 0 Å². The van der Waals surface area contributed by atoms with Crippen LogP contribution in [0, 0.1) is 0 Å². The first kappa shape index (κ1) is 6.95. The van der Waals surface area contributed by atoms with E-state index in [1.807, 2.05) is 11.4 Å². The third kappa shape index (κ3) is 2.99. The third-order valence-corrected chi connectivity index (χ3v) is 1.22. The highest BCUT2D eigenvalue weighted by Crippen LogP contribution is 1.83. The highest BCUT2D eigenvalue weighted by atomic mass is 32.1. The van der Waals surface area contributed by atoms with Crippen molar-refractivity contribution in [2.24, 2.45) is 0 Å². The van der Waals surface area contributed by atoms with Crippen molar-refractivity contribution in [3.63, 3.8) is 0 Å². The second-order valence-electron chi connectivity index (χ2n) is 1.38. The fourth-order valence-electron chi connectivity index (χ4n) is 0.351. The van der Waals surface area contributed by atoms with Gasteiger partial charge in [0.05, 0.1) is 6.20 Å². The van der Waals surface area contributed by atoms with Crippen molar-refractivity contribution in [2.75, 3.05) is 0 Å². The van der Waals surface area contributed by atoms with Crippen LogP contribution in [0.3, 0.4) is 0 Å². The second-order valence-corrected chi connectivity index (χ2v) is 2.07. The Morgan fingerprint density at radius 2 is 2.20 bits per heavy atom. The minimum atomic E-state index is 1.46. The van der Waals surface area contributed by atoms with E-state index in [0.717, 1.165) is 0 Å². The van der Waals surface area contributed by atoms with Crippen molar-refractivity contribution in [3.8, 4) is 0 Å². The van der Waals surface area contributed by atoms with Gasteiger partial charge < -0.3 is 4.52 Å². The molecular formula is C6H6N2OS. The number of rotatable bonds is 0. The Morgan fingerprint density at radius 3 is 2.40 bits per heavy atom. The lowest BCUT2D eigenvalue weighted by atomic mass is 10.8. The molecule has 0 saturated carbocycles. The summed E-state index contributed by atoms with van der Waals surface area (Å²) in [4.78, 5) is 0. The van der Waals surface area contributed by atoms with Gasteiger partial charge >= 0.3 is 0 Å². The molecule has 10 heavy (non-hydrogen) atoms. The smallest absolute Gasteiger partial charge is 0.123 e. The topological polar surface area (TPSA) is 38.9 Å². The fourth-order valence-corrected chi connectivity index (χ4v) is 0.703. The maximum absolute atomic E-state index is 4.33. The summed E-state index contributed by atoms with van der Waals surface area (Å²) in [5.74, 6) is 0. The molecule has 0 unspecified atom stereocenters. The Morgan fingerprint density at radius 1 is 1.20 bits per heavy atom. The average Bonchev–Trinajstić information content (AvgIpc) is 2.67. The normalized spacial score (nSPS) is 8.00. The minimum Gasteiger partial charge on any atom is -0.365 e. The zero-order chi connectivity index (χ0) is 7.07. The Balaban J connectivity index is 0.0000001000. The van der Waals surface area contributed by atoms with E-state index in [9.17, 15) is 0 Å². The van der Waals surface area contributed by atoms with Gasteiger partial charge in [0.15, 0.2) is 0 Å². The SMILES string of the molecule is c1cnoc1.c1cnsc1. The fraction of sp³-hybridized carbons (Fsp3) is 0. The Kier molecular flexibility index (Phi) is 3.26. The molecule has 2 aromatic rings. The first-order chi connectivity index (χ1) is 5.00. The summed E-state index contributed by atoms with van der Waals surface area (Å²) in [7, 11) is 0. The lowest BCUT2D eigenvalue weighted by Gasteiger charge is -1.48. The van der Waals surface area contributed by atoms with Gasteiger partial charge in [0.25, 0.3) is 0 Å². The lowest BCUT2D eigenvalue weighted by Crippen LogP contribution is -1.38. The Hall–Kier alpha value is -1.16. The van der Waals surface area contributed by atoms with E-state index < -0.39 is 0 Å². The molecule has 0 radical (unpaired) electrons. The molecule has 2 rings (SSSR count). The standard InChI is InChI=1S/C3H3NO.C3H3NS/c2*1-2-4-5-3-1/h2*1-3H. The predicted octanol–water partition coefficient (Wildman–Crippen LogP) is 1.82. The zero-order valence-electron chi connectivity index (χ0n) is 5.18. The van der Waals surface area contributed by atoms with Gasteiger partial charge in [-0.05, 0) is 23.7 Å². The van der Waals surface area contributed by atoms with Gasteiger partial charge in [0.2, 0.25) is 0 Å². The lowest BCUT2D eigenvalue weighted by molar-refractivity contribution is 0.420. The highest BCUT2D eigenvalue weighted by Gasteiger charge is 1.60. The van der Waals surface area contributed by atoms with Gasteiger partial charge in [-0.1, -0.05) is 5.16 Å². The molecule has 0 aliphatic heterocycles. The van der Waals surface area contributed by atoms with Gasteiger partial charge in [-0.2, -0.15) is 0 Å². The Labute approximate surface area is 62.5 Å². The quantitative estimate of drug-likeness (QED) is 0.581. The van der Waals surface area contributed by atoms with Crippen molar-refractivity contribution in [3.05, 3.63) is 36.2 Å². The molecule has 0 aliphatic rings. The number of hydrogen-bond donors (Lipinski definition) is 0. The summed E-state index contributed by atoms with van der Waals surface area (Å²) in [6, 6.07) is 3.63. The van der Waals surface area contributed by atoms with Gasteiger partial charge in [-0.15, -0.1) is 0 Å². The van der Waals surface area contributed by atoms with E-state index in [1.54, 1.807) is 18.5 Å². The van der Waals surface area contributed by atoms with E-state index >= 15 is 0 Å². The van der Waals surface area contributed by atoms with E-state index in [1.165, 1.54) is 17.8 Å². The van der Waals surface area contributed by atoms with Crippen LogP contribution >= 0.6 is 11.5 Å². The van der Waals surface area contributed by atoms with Gasteiger partial charge in [0, 0.05) is 11.6 Å². The molecule has 2 heterocycles. The molecule has 0 atom stereocenters. The van der Waals surface area contributed by atoms with Crippen molar-refractivity contribution < 1.29 is 4.52 Å². The molecule has 0 bridgehead atoms. The molecule has 0 spiro atoms. The molecule has 0 fully saturated rings. The van der Waals surface area contributed by atoms with Crippen LogP contribution in [-0.2, 0) is 0 Å². The summed E-state index contributed by atoms with van der Waals surface area (Å²) in [6.45, 7) is 0. The summed E-state index contributed by atoms with van der Waals surface area (Å²) in [5.41, 5.74) is 0. The summed E-state index contributed by atoms with van der Waals surface area (Å²) >= 11 is 1.46. The molecule has 3 nitrogen and oxygen atoms in total. The molecule has 0 N–H and O–H groups in total. The molecule has 2 aromatic heterocycles. The molecule has 0 aliphatic carbocycles. The maximum atomic E-state index is 4.33. The molecule has 0 aromatic carbocycles.